The van der Waals surface area contributed by atoms with E-state index in [2.05, 4.69) is 63.7 Å². The maximum absolute atomic E-state index is 12.2. The summed E-state index contributed by atoms with van der Waals surface area (Å²) in [6.07, 6.45) is 4.66. The predicted octanol–water partition coefficient (Wildman–Crippen LogP) is 4.56. The summed E-state index contributed by atoms with van der Waals surface area (Å²) in [5, 5.41) is 4.90. The minimum atomic E-state index is -0.233. The third-order valence-corrected chi connectivity index (χ3v) is 6.45. The van der Waals surface area contributed by atoms with Gasteiger partial charge >= 0.3 is 0 Å². The van der Waals surface area contributed by atoms with E-state index >= 15 is 0 Å². The zero-order valence-electron chi connectivity index (χ0n) is 18.6. The molecule has 7 heteroatoms. The van der Waals surface area contributed by atoms with Crippen LogP contribution in [0.25, 0.3) is 44.3 Å². The number of para-hydroxylation sites is 1. The van der Waals surface area contributed by atoms with Crippen LogP contribution in [-0.4, -0.2) is 25.4 Å². The number of amides is 1. The molecule has 166 valence electrons. The minimum Gasteiger partial charge on any atom is -0.383 e. The number of nitrogens with one attached hydrogen (secondary N) is 1. The van der Waals surface area contributed by atoms with Crippen molar-refractivity contribution >= 4 is 33.7 Å². The van der Waals surface area contributed by atoms with Crippen LogP contribution in [0.15, 0.2) is 73.7 Å². The maximum atomic E-state index is 12.2. The van der Waals surface area contributed by atoms with Crippen LogP contribution < -0.4 is 11.1 Å². The fourth-order valence-corrected chi connectivity index (χ4v) is 4.95. The molecular formula is C27H22N6O. The molecule has 0 spiro atoms. The van der Waals surface area contributed by atoms with E-state index in [1.165, 1.54) is 12.4 Å². The van der Waals surface area contributed by atoms with Crippen LogP contribution in [0, 0.1) is 6.92 Å². The summed E-state index contributed by atoms with van der Waals surface area (Å²) in [5.41, 5.74) is 14.2. The van der Waals surface area contributed by atoms with Gasteiger partial charge in [0, 0.05) is 34.8 Å². The van der Waals surface area contributed by atoms with Crippen molar-refractivity contribution in [2.45, 2.75) is 19.5 Å². The first-order chi connectivity index (χ1) is 16.5. The Labute approximate surface area is 196 Å². The highest BCUT2D eigenvalue weighted by molar-refractivity contribution is 6.09. The standard InChI is InChI=1S/C27H22N6O/c1-3-22(34)32-21-13-33-25(19-10-15(2)8-9-18(19)21)23(24-26(28)30-14-31-27(24)33)17-11-16-6-4-5-7-20(16)29-12-17/h3-12,14,21H,1,13H2,2H3,(H,32,34)(H2,28,30,31). The van der Waals surface area contributed by atoms with Crippen molar-refractivity contribution in [2.24, 2.45) is 0 Å². The van der Waals surface area contributed by atoms with Gasteiger partial charge in [0.15, 0.2) is 0 Å². The van der Waals surface area contributed by atoms with E-state index in [-0.39, 0.29) is 11.9 Å². The Morgan fingerprint density at radius 1 is 1.18 bits per heavy atom. The summed E-state index contributed by atoms with van der Waals surface area (Å²) >= 11 is 0. The number of hydrogen-bond acceptors (Lipinski definition) is 5. The summed E-state index contributed by atoms with van der Waals surface area (Å²) < 4.78 is 2.13. The number of fused-ring (bicyclic) bond motifs is 6. The molecule has 0 aliphatic carbocycles. The monoisotopic (exact) mass is 446 g/mol. The van der Waals surface area contributed by atoms with Gasteiger partial charge in [-0.2, -0.15) is 0 Å². The molecule has 1 amide bonds. The van der Waals surface area contributed by atoms with Crippen LogP contribution in [0.2, 0.25) is 0 Å². The number of nitrogens with zero attached hydrogens (tertiary/aromatic N) is 4. The van der Waals surface area contributed by atoms with Crippen molar-refractivity contribution in [2.75, 3.05) is 5.73 Å². The van der Waals surface area contributed by atoms with E-state index in [0.29, 0.717) is 12.4 Å². The number of hydrogen-bond donors (Lipinski definition) is 2. The zero-order valence-corrected chi connectivity index (χ0v) is 18.6. The normalized spacial score (nSPS) is 14.6. The van der Waals surface area contributed by atoms with Crippen LogP contribution in [0.5, 0.6) is 0 Å². The lowest BCUT2D eigenvalue weighted by atomic mass is 9.89. The smallest absolute Gasteiger partial charge is 0.243 e. The first-order valence-electron chi connectivity index (χ1n) is 11.1. The fourth-order valence-electron chi connectivity index (χ4n) is 4.95. The molecule has 2 aromatic carbocycles. The van der Waals surface area contributed by atoms with E-state index in [9.17, 15) is 4.79 Å². The second kappa shape index (κ2) is 7.52. The van der Waals surface area contributed by atoms with Gasteiger partial charge in [-0.3, -0.25) is 9.78 Å². The molecule has 0 bridgehead atoms. The van der Waals surface area contributed by atoms with Crippen molar-refractivity contribution in [3.05, 3.63) is 84.8 Å². The molecule has 3 N–H and O–H groups in total. The summed E-state index contributed by atoms with van der Waals surface area (Å²) in [5.74, 6) is 0.195. The third kappa shape index (κ3) is 2.97. The molecule has 1 unspecified atom stereocenters. The van der Waals surface area contributed by atoms with Gasteiger partial charge in [0.25, 0.3) is 0 Å². The van der Waals surface area contributed by atoms with Gasteiger partial charge in [0.1, 0.15) is 17.8 Å². The highest BCUT2D eigenvalue weighted by atomic mass is 16.1. The first-order valence-corrected chi connectivity index (χ1v) is 11.1. The Kier molecular flexibility index (Phi) is 4.45. The van der Waals surface area contributed by atoms with E-state index in [0.717, 1.165) is 55.4 Å². The minimum absolute atomic E-state index is 0.218. The number of carbonyl (C=O) groups excluding carboxylic acids is 1. The molecule has 0 saturated carbocycles. The summed E-state index contributed by atoms with van der Waals surface area (Å²) in [7, 11) is 0. The third-order valence-electron chi connectivity index (χ3n) is 6.45. The lowest BCUT2D eigenvalue weighted by Crippen LogP contribution is -2.32. The first kappa shape index (κ1) is 20.1. The molecule has 3 aromatic heterocycles. The molecule has 1 aliphatic rings. The summed E-state index contributed by atoms with van der Waals surface area (Å²) in [6.45, 7) is 6.18. The number of aryl methyl sites for hydroxylation is 1. The van der Waals surface area contributed by atoms with Gasteiger partial charge in [-0.25, -0.2) is 9.97 Å². The van der Waals surface area contributed by atoms with E-state index < -0.39 is 0 Å². The van der Waals surface area contributed by atoms with E-state index in [4.69, 9.17) is 10.7 Å². The van der Waals surface area contributed by atoms with Gasteiger partial charge in [-0.15, -0.1) is 0 Å². The average molecular weight is 447 g/mol. The number of aromatic nitrogens is 4. The van der Waals surface area contributed by atoms with Gasteiger partial charge in [-0.1, -0.05) is 42.5 Å². The second-order valence-corrected chi connectivity index (χ2v) is 8.56. The molecule has 34 heavy (non-hydrogen) atoms. The number of nitrogens with two attached hydrogens (primary N) is 1. The Morgan fingerprint density at radius 3 is 2.88 bits per heavy atom. The topological polar surface area (TPSA) is 98.7 Å². The van der Waals surface area contributed by atoms with Crippen LogP contribution in [-0.2, 0) is 11.3 Å². The molecule has 7 nitrogen and oxygen atoms in total. The number of anilines is 1. The van der Waals surface area contributed by atoms with Crippen LogP contribution in [0.4, 0.5) is 5.82 Å². The highest BCUT2D eigenvalue weighted by Crippen LogP contribution is 2.47. The largest absolute Gasteiger partial charge is 0.383 e. The Hall–Kier alpha value is -4.52. The van der Waals surface area contributed by atoms with Crippen LogP contribution in [0.3, 0.4) is 0 Å². The van der Waals surface area contributed by atoms with Gasteiger partial charge < -0.3 is 15.6 Å². The van der Waals surface area contributed by atoms with Crippen molar-refractivity contribution in [1.82, 2.24) is 24.8 Å². The fraction of sp³-hybridized carbons (Fsp3) is 0.111. The predicted molar refractivity (Wildman–Crippen MR) is 134 cm³/mol. The number of pyridine rings is 1. The molecule has 0 fully saturated rings. The summed E-state index contributed by atoms with van der Waals surface area (Å²) in [6, 6.07) is 16.2. The molecule has 1 aliphatic heterocycles. The number of nitrogen functional groups attached to an aromatic ring is 1. The van der Waals surface area contributed by atoms with Crippen LogP contribution in [0.1, 0.15) is 17.2 Å². The maximum Gasteiger partial charge on any atom is 0.243 e. The molecule has 4 heterocycles. The quantitative estimate of drug-likeness (QED) is 0.396. The van der Waals surface area contributed by atoms with E-state index in [1.807, 2.05) is 24.4 Å². The Balaban J connectivity index is 1.70. The highest BCUT2D eigenvalue weighted by Gasteiger charge is 2.32. The lowest BCUT2D eigenvalue weighted by Gasteiger charge is -2.29. The van der Waals surface area contributed by atoms with Crippen LogP contribution >= 0.6 is 0 Å². The van der Waals surface area contributed by atoms with Gasteiger partial charge in [0.2, 0.25) is 5.91 Å². The zero-order chi connectivity index (χ0) is 23.4. The number of rotatable bonds is 3. The number of benzene rings is 2. The second-order valence-electron chi connectivity index (χ2n) is 8.56. The van der Waals surface area contributed by atoms with Crippen molar-refractivity contribution in [1.29, 1.82) is 0 Å². The lowest BCUT2D eigenvalue weighted by molar-refractivity contribution is -0.117. The molecular weight excluding hydrogens is 424 g/mol. The Morgan fingerprint density at radius 2 is 2.03 bits per heavy atom. The average Bonchev–Trinajstić information content (AvgIpc) is 3.19. The van der Waals surface area contributed by atoms with Crippen molar-refractivity contribution < 1.29 is 4.79 Å². The van der Waals surface area contributed by atoms with E-state index in [1.54, 1.807) is 0 Å². The molecule has 1 atom stereocenters. The van der Waals surface area contributed by atoms with Crippen molar-refractivity contribution in [3.8, 4) is 22.4 Å². The Bertz CT molecular complexity index is 1630. The molecule has 5 aromatic rings. The van der Waals surface area contributed by atoms with Gasteiger partial charge in [-0.05, 0) is 36.8 Å². The molecule has 0 radical (unpaired) electrons. The van der Waals surface area contributed by atoms with Gasteiger partial charge in [0.05, 0.1) is 22.6 Å². The van der Waals surface area contributed by atoms with Crippen molar-refractivity contribution in [3.63, 3.8) is 0 Å². The molecule has 0 saturated heterocycles. The SMILES string of the molecule is C=CC(=O)NC1Cn2c(c(-c3cnc4ccccc4c3)c3c(N)ncnc32)-c2cc(C)ccc21. The molecule has 6 rings (SSSR count). The number of carbonyl (C=O) groups is 1. The summed E-state index contributed by atoms with van der Waals surface area (Å²) in [4.78, 5) is 25.9.